The molecule has 2 atom stereocenters. The van der Waals surface area contributed by atoms with Crippen molar-refractivity contribution in [2.75, 3.05) is 33.2 Å². The van der Waals surface area contributed by atoms with Crippen LogP contribution in [0.1, 0.15) is 19.3 Å². The first kappa shape index (κ1) is 16.8. The molecular formula is C21H30N4. The van der Waals surface area contributed by atoms with Crippen molar-refractivity contribution in [3.05, 3.63) is 58.9 Å². The van der Waals surface area contributed by atoms with Gasteiger partial charge in [-0.1, -0.05) is 30.4 Å². The summed E-state index contributed by atoms with van der Waals surface area (Å²) < 4.78 is 0. The van der Waals surface area contributed by atoms with Gasteiger partial charge in [0.25, 0.3) is 0 Å². The number of allylic oxidation sites excluding steroid dienone is 5. The van der Waals surface area contributed by atoms with Crippen molar-refractivity contribution in [2.24, 2.45) is 5.92 Å². The topological polar surface area (TPSA) is 48.1 Å². The summed E-state index contributed by atoms with van der Waals surface area (Å²) in [6.07, 6.45) is 17.6. The van der Waals surface area contributed by atoms with E-state index in [0.717, 1.165) is 32.6 Å². The van der Waals surface area contributed by atoms with Gasteiger partial charge < -0.3 is 21.3 Å². The summed E-state index contributed by atoms with van der Waals surface area (Å²) in [4.78, 5) is 0. The van der Waals surface area contributed by atoms with E-state index in [1.54, 1.807) is 0 Å². The van der Waals surface area contributed by atoms with E-state index in [0.29, 0.717) is 18.0 Å². The molecule has 0 amide bonds. The summed E-state index contributed by atoms with van der Waals surface area (Å²) in [7, 11) is 2.04. The van der Waals surface area contributed by atoms with Crippen molar-refractivity contribution in [3.63, 3.8) is 0 Å². The van der Waals surface area contributed by atoms with E-state index in [9.17, 15) is 0 Å². The molecule has 1 fully saturated rings. The van der Waals surface area contributed by atoms with Crippen LogP contribution in [0.5, 0.6) is 0 Å². The van der Waals surface area contributed by atoms with Crippen LogP contribution in [0.3, 0.4) is 0 Å². The Balaban J connectivity index is 1.61. The molecule has 2 unspecified atom stereocenters. The fourth-order valence-corrected chi connectivity index (χ4v) is 4.20. The van der Waals surface area contributed by atoms with Crippen LogP contribution in [0, 0.1) is 5.92 Å². The zero-order valence-electron chi connectivity index (χ0n) is 15.1. The average Bonchev–Trinajstić information content (AvgIpc) is 2.69. The molecule has 0 bridgehead atoms. The van der Waals surface area contributed by atoms with Crippen LogP contribution in [0.2, 0.25) is 0 Å². The molecule has 1 saturated heterocycles. The van der Waals surface area contributed by atoms with Gasteiger partial charge >= 0.3 is 0 Å². The number of rotatable bonds is 4. The smallest absolute Gasteiger partial charge is 0.0360 e. The molecule has 25 heavy (non-hydrogen) atoms. The zero-order valence-corrected chi connectivity index (χ0v) is 15.1. The fourth-order valence-electron chi connectivity index (χ4n) is 4.20. The minimum Gasteiger partial charge on any atom is -0.385 e. The van der Waals surface area contributed by atoms with Crippen LogP contribution < -0.4 is 21.3 Å². The van der Waals surface area contributed by atoms with E-state index in [1.807, 2.05) is 7.05 Å². The van der Waals surface area contributed by atoms with E-state index in [4.69, 9.17) is 0 Å². The number of hydrogen-bond acceptors (Lipinski definition) is 4. The second-order valence-electron chi connectivity index (χ2n) is 7.44. The summed E-state index contributed by atoms with van der Waals surface area (Å²) >= 11 is 0. The molecule has 4 heteroatoms. The average molecular weight is 338 g/mol. The quantitative estimate of drug-likeness (QED) is 0.631. The molecule has 0 radical (unpaired) electrons. The summed E-state index contributed by atoms with van der Waals surface area (Å²) in [5, 5.41) is 14.3. The molecule has 4 N–H and O–H groups in total. The lowest BCUT2D eigenvalue weighted by Crippen LogP contribution is -2.43. The second kappa shape index (κ2) is 7.73. The Morgan fingerprint density at radius 2 is 1.96 bits per heavy atom. The van der Waals surface area contributed by atoms with Crippen molar-refractivity contribution in [3.8, 4) is 0 Å². The van der Waals surface area contributed by atoms with Crippen LogP contribution in [0.4, 0.5) is 0 Å². The van der Waals surface area contributed by atoms with Gasteiger partial charge in [0, 0.05) is 36.8 Å². The van der Waals surface area contributed by atoms with Gasteiger partial charge in [-0.3, -0.25) is 0 Å². The normalized spacial score (nSPS) is 30.0. The Labute approximate surface area is 151 Å². The highest BCUT2D eigenvalue weighted by Crippen LogP contribution is 2.33. The van der Waals surface area contributed by atoms with Gasteiger partial charge in [-0.25, -0.2) is 0 Å². The van der Waals surface area contributed by atoms with Gasteiger partial charge in [0.15, 0.2) is 0 Å². The molecule has 0 aromatic carbocycles. The molecule has 134 valence electrons. The molecule has 4 nitrogen and oxygen atoms in total. The van der Waals surface area contributed by atoms with Gasteiger partial charge in [0.2, 0.25) is 0 Å². The monoisotopic (exact) mass is 338 g/mol. The molecule has 2 heterocycles. The standard InChI is InChI=1S/C21H30N4/c1-22-19-4-2-3-15(12-19)17-11-16-5-8-24-14-20(16)21(13-17)25-18-6-9-23-10-7-18/h2-3,5,11-13,18-20,22-25H,4,6-10,14H2,1H3. The van der Waals surface area contributed by atoms with E-state index in [-0.39, 0.29) is 0 Å². The van der Waals surface area contributed by atoms with Crippen LogP contribution in [0.15, 0.2) is 58.9 Å². The SMILES string of the molecule is CNC1C=C(C2=CC3=CCNCC3C(NC3CCNCC3)=C2)C=CC1. The first-order chi connectivity index (χ1) is 12.3. The predicted molar refractivity (Wildman–Crippen MR) is 104 cm³/mol. The molecule has 2 aliphatic heterocycles. The van der Waals surface area contributed by atoms with Crippen molar-refractivity contribution < 1.29 is 0 Å². The number of hydrogen-bond donors (Lipinski definition) is 4. The number of piperidine rings is 1. The van der Waals surface area contributed by atoms with E-state index in [1.165, 1.54) is 35.3 Å². The van der Waals surface area contributed by atoms with Crippen molar-refractivity contribution in [1.29, 1.82) is 0 Å². The molecule has 4 aliphatic rings. The largest absolute Gasteiger partial charge is 0.385 e. The third-order valence-electron chi connectivity index (χ3n) is 5.72. The third kappa shape index (κ3) is 3.81. The van der Waals surface area contributed by atoms with Crippen molar-refractivity contribution in [1.82, 2.24) is 21.3 Å². The molecular weight excluding hydrogens is 308 g/mol. The molecule has 0 aromatic heterocycles. The minimum atomic E-state index is 0.440. The third-order valence-corrected chi connectivity index (χ3v) is 5.72. The second-order valence-corrected chi connectivity index (χ2v) is 7.44. The Bertz CT molecular complexity index is 647. The molecule has 2 aliphatic carbocycles. The molecule has 0 saturated carbocycles. The highest BCUT2D eigenvalue weighted by molar-refractivity contribution is 5.56. The Hall–Kier alpha value is -1.62. The zero-order chi connectivity index (χ0) is 17.1. The van der Waals surface area contributed by atoms with Crippen molar-refractivity contribution in [2.45, 2.75) is 31.3 Å². The first-order valence-electron chi connectivity index (χ1n) is 9.71. The van der Waals surface area contributed by atoms with Gasteiger partial charge in [-0.2, -0.15) is 0 Å². The van der Waals surface area contributed by atoms with Gasteiger partial charge in [0.1, 0.15) is 0 Å². The summed E-state index contributed by atoms with van der Waals surface area (Å²) in [6, 6.07) is 1.03. The Morgan fingerprint density at radius 1 is 1.08 bits per heavy atom. The predicted octanol–water partition coefficient (Wildman–Crippen LogP) is 1.77. The maximum atomic E-state index is 3.88. The van der Waals surface area contributed by atoms with E-state index >= 15 is 0 Å². The maximum absolute atomic E-state index is 3.88. The van der Waals surface area contributed by atoms with Gasteiger partial charge in [0.05, 0.1) is 0 Å². The lowest BCUT2D eigenvalue weighted by atomic mass is 9.82. The van der Waals surface area contributed by atoms with Crippen LogP contribution >= 0.6 is 0 Å². The lowest BCUT2D eigenvalue weighted by Gasteiger charge is -2.35. The lowest BCUT2D eigenvalue weighted by molar-refractivity contribution is 0.395. The van der Waals surface area contributed by atoms with Crippen LogP contribution in [0.25, 0.3) is 0 Å². The van der Waals surface area contributed by atoms with Gasteiger partial charge in [-0.15, -0.1) is 0 Å². The molecule has 0 aromatic rings. The highest BCUT2D eigenvalue weighted by atomic mass is 15.0. The van der Waals surface area contributed by atoms with Gasteiger partial charge in [-0.05, 0) is 62.2 Å². The minimum absolute atomic E-state index is 0.440. The maximum Gasteiger partial charge on any atom is 0.0360 e. The van der Waals surface area contributed by atoms with E-state index < -0.39 is 0 Å². The van der Waals surface area contributed by atoms with E-state index in [2.05, 4.69) is 57.7 Å². The Morgan fingerprint density at radius 3 is 2.80 bits per heavy atom. The summed E-state index contributed by atoms with van der Waals surface area (Å²) in [6.45, 7) is 4.26. The fraction of sp³-hybridized carbons (Fsp3) is 0.524. The van der Waals surface area contributed by atoms with Crippen LogP contribution in [-0.2, 0) is 0 Å². The summed E-state index contributed by atoms with van der Waals surface area (Å²) in [5.41, 5.74) is 5.54. The number of fused-ring (bicyclic) bond motifs is 1. The Kier molecular flexibility index (Phi) is 5.20. The molecule has 4 rings (SSSR count). The van der Waals surface area contributed by atoms with Crippen molar-refractivity contribution >= 4 is 0 Å². The van der Waals surface area contributed by atoms with Crippen LogP contribution in [-0.4, -0.2) is 45.3 Å². The number of nitrogens with one attached hydrogen (secondary N) is 4. The number of likely N-dealkylation sites (N-methyl/N-ethyl adjacent to an activating group) is 1. The first-order valence-corrected chi connectivity index (χ1v) is 9.71. The summed E-state index contributed by atoms with van der Waals surface area (Å²) in [5.74, 6) is 0.473. The molecule has 0 spiro atoms. The highest BCUT2D eigenvalue weighted by Gasteiger charge is 2.27.